The number of nitrogens with zero attached hydrogens (tertiary/aromatic N) is 4. The number of rotatable bonds is 7. The Morgan fingerprint density at radius 3 is 2.54 bits per heavy atom. The summed E-state index contributed by atoms with van der Waals surface area (Å²) in [5.41, 5.74) is 0.722. The minimum absolute atomic E-state index is 0.0839. The van der Waals surface area contributed by atoms with Gasteiger partial charge in [0.2, 0.25) is 11.9 Å². The Labute approximate surface area is 174 Å². The smallest absolute Gasteiger partial charge is 0.237 e. The zero-order valence-corrected chi connectivity index (χ0v) is 18.0. The van der Waals surface area contributed by atoms with Crippen molar-refractivity contribution in [1.29, 1.82) is 0 Å². The molecule has 1 aliphatic rings. The molecule has 0 radical (unpaired) electrons. The van der Waals surface area contributed by atoms with Gasteiger partial charge in [-0.3, -0.25) is 9.36 Å². The summed E-state index contributed by atoms with van der Waals surface area (Å²) >= 11 is 7.32. The first-order valence-electron chi connectivity index (χ1n) is 9.43. The predicted molar refractivity (Wildman–Crippen MR) is 113 cm³/mol. The summed E-state index contributed by atoms with van der Waals surface area (Å²) < 4.78 is 7.56. The number of nitrogens with one attached hydrogen (secondary N) is 1. The molecular formula is C19H26ClN5O2S. The standard InChI is InChI=1S/C19H26ClN5O2S/c1-13(2)12-25-18(24-8-10-27-11-9-24)22-23-19(25)28-14(3)17(26)21-16-6-4-15(20)5-7-16/h4-7,13-14H,8-12H2,1-3H3,(H,21,26)/t14-/m1/s1. The number of amides is 1. The summed E-state index contributed by atoms with van der Waals surface area (Å²) in [6.45, 7) is 9.98. The highest BCUT2D eigenvalue weighted by molar-refractivity contribution is 8.00. The molecule has 0 unspecified atom stereocenters. The van der Waals surface area contributed by atoms with Gasteiger partial charge >= 0.3 is 0 Å². The van der Waals surface area contributed by atoms with Gasteiger partial charge in [0, 0.05) is 30.3 Å². The van der Waals surface area contributed by atoms with E-state index in [-0.39, 0.29) is 11.2 Å². The van der Waals surface area contributed by atoms with Gasteiger partial charge in [-0.15, -0.1) is 10.2 Å². The Hall–Kier alpha value is -1.77. The van der Waals surface area contributed by atoms with E-state index in [1.54, 1.807) is 24.3 Å². The van der Waals surface area contributed by atoms with Crippen molar-refractivity contribution in [3.8, 4) is 0 Å². The van der Waals surface area contributed by atoms with Gasteiger partial charge in [-0.05, 0) is 37.1 Å². The summed E-state index contributed by atoms with van der Waals surface area (Å²) in [6, 6.07) is 7.08. The van der Waals surface area contributed by atoms with Crippen LogP contribution in [-0.4, -0.2) is 52.2 Å². The second-order valence-corrected chi connectivity index (χ2v) is 8.89. The zero-order valence-electron chi connectivity index (χ0n) is 16.4. The van der Waals surface area contributed by atoms with Crippen molar-refractivity contribution >= 4 is 40.9 Å². The van der Waals surface area contributed by atoms with Crippen LogP contribution in [0.4, 0.5) is 11.6 Å². The molecule has 9 heteroatoms. The minimum atomic E-state index is -0.316. The normalized spacial score (nSPS) is 15.7. The van der Waals surface area contributed by atoms with Crippen LogP contribution in [0, 0.1) is 5.92 Å². The number of aromatic nitrogens is 3. The number of carbonyl (C=O) groups excluding carboxylic acids is 1. The molecule has 1 saturated heterocycles. The Bertz CT molecular complexity index is 790. The third-order valence-corrected chi connectivity index (χ3v) is 5.63. The Kier molecular flexibility index (Phi) is 7.20. The number of anilines is 2. The number of hydrogen-bond acceptors (Lipinski definition) is 6. The van der Waals surface area contributed by atoms with E-state index in [9.17, 15) is 4.79 Å². The molecule has 2 heterocycles. The lowest BCUT2D eigenvalue weighted by Gasteiger charge is -2.28. The fourth-order valence-corrected chi connectivity index (χ4v) is 3.86. The van der Waals surface area contributed by atoms with Gasteiger partial charge in [-0.25, -0.2) is 0 Å². The van der Waals surface area contributed by atoms with Crippen LogP contribution in [0.5, 0.6) is 0 Å². The number of carbonyl (C=O) groups is 1. The first-order chi connectivity index (χ1) is 13.4. The molecule has 0 spiro atoms. The van der Waals surface area contributed by atoms with Crippen LogP contribution in [0.15, 0.2) is 29.4 Å². The van der Waals surface area contributed by atoms with E-state index in [0.717, 1.165) is 36.4 Å². The van der Waals surface area contributed by atoms with Crippen LogP contribution in [0.3, 0.4) is 0 Å². The Morgan fingerprint density at radius 2 is 1.89 bits per heavy atom. The monoisotopic (exact) mass is 423 g/mol. The third kappa shape index (κ3) is 5.40. The first-order valence-corrected chi connectivity index (χ1v) is 10.7. The molecule has 1 fully saturated rings. The zero-order chi connectivity index (χ0) is 20.1. The number of benzene rings is 1. The molecule has 2 aromatic rings. The highest BCUT2D eigenvalue weighted by Gasteiger charge is 2.24. The number of morpholine rings is 1. The van der Waals surface area contributed by atoms with E-state index in [2.05, 4.69) is 38.8 Å². The van der Waals surface area contributed by atoms with Crippen LogP contribution in [0.2, 0.25) is 5.02 Å². The SMILES string of the molecule is CC(C)Cn1c(S[C@H](C)C(=O)Nc2ccc(Cl)cc2)nnc1N1CCOCC1. The molecule has 1 aromatic carbocycles. The molecule has 0 aliphatic carbocycles. The van der Waals surface area contributed by atoms with E-state index in [1.165, 1.54) is 11.8 Å². The lowest BCUT2D eigenvalue weighted by molar-refractivity contribution is -0.115. The minimum Gasteiger partial charge on any atom is -0.378 e. The summed E-state index contributed by atoms with van der Waals surface area (Å²) in [5, 5.41) is 12.8. The number of halogens is 1. The molecule has 1 amide bonds. The van der Waals surface area contributed by atoms with Crippen molar-refractivity contribution in [2.24, 2.45) is 5.92 Å². The predicted octanol–water partition coefficient (Wildman–Crippen LogP) is 3.54. The summed E-state index contributed by atoms with van der Waals surface area (Å²) in [5.74, 6) is 1.21. The van der Waals surface area contributed by atoms with Crippen LogP contribution >= 0.6 is 23.4 Å². The molecule has 152 valence electrons. The molecule has 0 saturated carbocycles. The molecule has 7 nitrogen and oxygen atoms in total. The summed E-state index contributed by atoms with van der Waals surface area (Å²) in [6.07, 6.45) is 0. The van der Waals surface area contributed by atoms with Crippen LogP contribution in [0.1, 0.15) is 20.8 Å². The highest BCUT2D eigenvalue weighted by atomic mass is 35.5. The van der Waals surface area contributed by atoms with Crippen LogP contribution in [0.25, 0.3) is 0 Å². The van der Waals surface area contributed by atoms with E-state index >= 15 is 0 Å². The first kappa shape index (κ1) is 21.0. The van der Waals surface area contributed by atoms with Gasteiger partial charge < -0.3 is 15.0 Å². The third-order valence-electron chi connectivity index (χ3n) is 4.30. The Morgan fingerprint density at radius 1 is 1.21 bits per heavy atom. The van der Waals surface area contributed by atoms with Crippen molar-refractivity contribution in [2.75, 3.05) is 36.5 Å². The molecule has 1 aromatic heterocycles. The van der Waals surface area contributed by atoms with Gasteiger partial charge in [0.15, 0.2) is 5.16 Å². The average Bonchev–Trinajstić information content (AvgIpc) is 3.06. The lowest BCUT2D eigenvalue weighted by atomic mass is 10.2. The second-order valence-electron chi connectivity index (χ2n) is 7.14. The Balaban J connectivity index is 1.71. The maximum Gasteiger partial charge on any atom is 0.237 e. The van der Waals surface area contributed by atoms with Crippen LogP contribution in [-0.2, 0) is 16.1 Å². The van der Waals surface area contributed by atoms with Gasteiger partial charge in [-0.1, -0.05) is 37.2 Å². The van der Waals surface area contributed by atoms with Crippen molar-refractivity contribution in [2.45, 2.75) is 37.7 Å². The topological polar surface area (TPSA) is 72.3 Å². The molecule has 3 rings (SSSR count). The second kappa shape index (κ2) is 9.62. The highest BCUT2D eigenvalue weighted by Crippen LogP contribution is 2.28. The molecule has 0 bridgehead atoms. The van der Waals surface area contributed by atoms with Crippen molar-refractivity contribution in [1.82, 2.24) is 14.8 Å². The van der Waals surface area contributed by atoms with Gasteiger partial charge in [-0.2, -0.15) is 0 Å². The number of thioether (sulfide) groups is 1. The summed E-state index contributed by atoms with van der Waals surface area (Å²) in [4.78, 5) is 14.8. The molecular weight excluding hydrogens is 398 g/mol. The number of ether oxygens (including phenoxy) is 1. The van der Waals surface area contributed by atoms with E-state index in [1.807, 2.05) is 6.92 Å². The molecule has 1 atom stereocenters. The van der Waals surface area contributed by atoms with E-state index in [0.29, 0.717) is 24.2 Å². The van der Waals surface area contributed by atoms with Crippen molar-refractivity contribution in [3.05, 3.63) is 29.3 Å². The molecule has 1 aliphatic heterocycles. The fraction of sp³-hybridized carbons (Fsp3) is 0.526. The summed E-state index contributed by atoms with van der Waals surface area (Å²) in [7, 11) is 0. The van der Waals surface area contributed by atoms with Crippen molar-refractivity contribution < 1.29 is 9.53 Å². The average molecular weight is 424 g/mol. The molecule has 1 N–H and O–H groups in total. The molecule has 28 heavy (non-hydrogen) atoms. The fourth-order valence-electron chi connectivity index (χ4n) is 2.88. The quantitative estimate of drug-likeness (QED) is 0.686. The van der Waals surface area contributed by atoms with Gasteiger partial charge in [0.05, 0.1) is 18.5 Å². The number of hydrogen-bond donors (Lipinski definition) is 1. The van der Waals surface area contributed by atoms with Gasteiger partial charge in [0.25, 0.3) is 0 Å². The van der Waals surface area contributed by atoms with Gasteiger partial charge in [0.1, 0.15) is 0 Å². The maximum absolute atomic E-state index is 12.6. The van der Waals surface area contributed by atoms with Crippen molar-refractivity contribution in [3.63, 3.8) is 0 Å². The van der Waals surface area contributed by atoms with E-state index in [4.69, 9.17) is 16.3 Å². The lowest BCUT2D eigenvalue weighted by Crippen LogP contribution is -2.38. The van der Waals surface area contributed by atoms with E-state index < -0.39 is 0 Å². The van der Waals surface area contributed by atoms with Crippen LogP contribution < -0.4 is 10.2 Å². The largest absolute Gasteiger partial charge is 0.378 e. The maximum atomic E-state index is 12.6.